The molecule has 0 saturated carbocycles. The number of hydrogen-bond donors (Lipinski definition) is 1. The van der Waals surface area contributed by atoms with Crippen molar-refractivity contribution >= 4 is 5.91 Å². The lowest BCUT2D eigenvalue weighted by Crippen LogP contribution is -2.28. The number of benzene rings is 2. The molecule has 0 saturated heterocycles. The van der Waals surface area contributed by atoms with E-state index in [2.05, 4.69) is 10.3 Å². The van der Waals surface area contributed by atoms with Gasteiger partial charge in [-0.2, -0.15) is 0 Å². The van der Waals surface area contributed by atoms with Gasteiger partial charge in [0, 0.05) is 11.3 Å². The molecule has 1 aromatic heterocycles. The van der Waals surface area contributed by atoms with Crippen LogP contribution < -0.4 is 5.32 Å². The van der Waals surface area contributed by atoms with E-state index in [-0.39, 0.29) is 11.7 Å². The van der Waals surface area contributed by atoms with Crippen molar-refractivity contribution in [2.45, 2.75) is 13.0 Å². The Kier molecular flexibility index (Phi) is 4.19. The summed E-state index contributed by atoms with van der Waals surface area (Å²) in [5.41, 5.74) is 1.69. The van der Waals surface area contributed by atoms with Gasteiger partial charge in [0.25, 0.3) is 5.91 Å². The number of aromatic nitrogens is 2. The fourth-order valence-electron chi connectivity index (χ4n) is 2.43. The number of rotatable bonds is 4. The summed E-state index contributed by atoms with van der Waals surface area (Å²) in [6.45, 7) is 1.75. The molecule has 0 unspecified atom stereocenters. The molecule has 5 heteroatoms. The van der Waals surface area contributed by atoms with Gasteiger partial charge in [-0.1, -0.05) is 36.4 Å². The van der Waals surface area contributed by atoms with Crippen LogP contribution in [0.4, 0.5) is 4.39 Å². The minimum absolute atomic E-state index is 0.304. The molecule has 0 bridgehead atoms. The zero-order chi connectivity index (χ0) is 16.2. The number of para-hydroxylation sites is 1. The van der Waals surface area contributed by atoms with Gasteiger partial charge in [-0.15, -0.1) is 0 Å². The van der Waals surface area contributed by atoms with E-state index in [1.165, 1.54) is 12.3 Å². The minimum atomic E-state index is -0.442. The first-order valence-electron chi connectivity index (χ1n) is 7.30. The molecule has 23 heavy (non-hydrogen) atoms. The molecule has 2 aromatic carbocycles. The first kappa shape index (κ1) is 15.0. The second-order valence-electron chi connectivity index (χ2n) is 5.20. The number of nitrogens with one attached hydrogen (secondary N) is 1. The Hall–Kier alpha value is -2.95. The number of carbonyl (C=O) groups excluding carboxylic acids is 1. The molecule has 0 aliphatic carbocycles. The van der Waals surface area contributed by atoms with Gasteiger partial charge >= 0.3 is 0 Å². The summed E-state index contributed by atoms with van der Waals surface area (Å²) < 4.78 is 15.5. The Morgan fingerprint density at radius 2 is 1.83 bits per heavy atom. The van der Waals surface area contributed by atoms with Crippen LogP contribution in [-0.4, -0.2) is 15.5 Å². The fourth-order valence-corrected chi connectivity index (χ4v) is 2.43. The summed E-state index contributed by atoms with van der Waals surface area (Å²) >= 11 is 0. The third-order valence-corrected chi connectivity index (χ3v) is 3.62. The van der Waals surface area contributed by atoms with Crippen molar-refractivity contribution in [1.82, 2.24) is 14.9 Å². The predicted molar refractivity (Wildman–Crippen MR) is 85.8 cm³/mol. The smallest absolute Gasteiger partial charge is 0.270 e. The number of imidazole rings is 1. The van der Waals surface area contributed by atoms with Gasteiger partial charge < -0.3 is 5.32 Å². The van der Waals surface area contributed by atoms with Crippen molar-refractivity contribution < 1.29 is 9.18 Å². The van der Waals surface area contributed by atoms with E-state index in [1.807, 2.05) is 30.3 Å². The van der Waals surface area contributed by atoms with Gasteiger partial charge in [0.15, 0.2) is 0 Å². The van der Waals surface area contributed by atoms with Crippen LogP contribution in [0.1, 0.15) is 29.0 Å². The van der Waals surface area contributed by atoms with Crippen LogP contribution in [0, 0.1) is 5.82 Å². The van der Waals surface area contributed by atoms with E-state index in [9.17, 15) is 9.18 Å². The minimum Gasteiger partial charge on any atom is -0.344 e. The molecule has 1 N–H and O–H groups in total. The average Bonchev–Trinajstić information content (AvgIpc) is 3.05. The molecule has 1 amide bonds. The molecule has 1 heterocycles. The molecule has 0 radical (unpaired) electrons. The van der Waals surface area contributed by atoms with E-state index in [4.69, 9.17) is 0 Å². The highest BCUT2D eigenvalue weighted by Crippen LogP contribution is 2.17. The van der Waals surface area contributed by atoms with Crippen LogP contribution in [0.5, 0.6) is 0 Å². The maximum atomic E-state index is 13.8. The van der Waals surface area contributed by atoms with Crippen LogP contribution in [0.15, 0.2) is 67.1 Å². The summed E-state index contributed by atoms with van der Waals surface area (Å²) in [5.74, 6) is -0.640. The third-order valence-electron chi connectivity index (χ3n) is 3.62. The Morgan fingerprint density at radius 3 is 2.57 bits per heavy atom. The molecule has 0 aliphatic heterocycles. The molecule has 1 atom stereocenters. The van der Waals surface area contributed by atoms with E-state index >= 15 is 0 Å². The number of halogens is 1. The van der Waals surface area contributed by atoms with Crippen molar-refractivity contribution in [3.05, 3.63) is 84.2 Å². The van der Waals surface area contributed by atoms with E-state index < -0.39 is 6.04 Å². The van der Waals surface area contributed by atoms with Crippen LogP contribution >= 0.6 is 0 Å². The van der Waals surface area contributed by atoms with Crippen molar-refractivity contribution in [2.75, 3.05) is 0 Å². The summed E-state index contributed by atoms with van der Waals surface area (Å²) in [5, 5.41) is 2.81. The van der Waals surface area contributed by atoms with Gasteiger partial charge in [0.2, 0.25) is 0 Å². The predicted octanol–water partition coefficient (Wildman–Crippen LogP) is 3.50. The van der Waals surface area contributed by atoms with Crippen LogP contribution in [-0.2, 0) is 0 Å². The molecule has 3 rings (SSSR count). The first-order valence-corrected chi connectivity index (χ1v) is 7.30. The van der Waals surface area contributed by atoms with E-state index in [0.29, 0.717) is 11.3 Å². The zero-order valence-electron chi connectivity index (χ0n) is 12.6. The second kappa shape index (κ2) is 6.44. The number of hydrogen-bond acceptors (Lipinski definition) is 2. The van der Waals surface area contributed by atoms with Gasteiger partial charge in [-0.05, 0) is 25.1 Å². The second-order valence-corrected chi connectivity index (χ2v) is 5.20. The van der Waals surface area contributed by atoms with Crippen molar-refractivity contribution in [3.63, 3.8) is 0 Å². The maximum absolute atomic E-state index is 13.8. The lowest BCUT2D eigenvalue weighted by molar-refractivity contribution is 0.0932. The normalized spacial score (nSPS) is 11.9. The standard InChI is InChI=1S/C18H16FN3O/c1-13(15-9-5-6-10-16(15)19)21-18(23)17-11-20-12-22(17)14-7-3-2-4-8-14/h2-13H,1H3,(H,21,23)/t13-/m0/s1. The summed E-state index contributed by atoms with van der Waals surface area (Å²) in [4.78, 5) is 16.5. The Bertz CT molecular complexity index is 814. The Balaban J connectivity index is 1.83. The molecular formula is C18H16FN3O. The lowest BCUT2D eigenvalue weighted by Gasteiger charge is -2.15. The molecule has 0 fully saturated rings. The monoisotopic (exact) mass is 309 g/mol. The quantitative estimate of drug-likeness (QED) is 0.802. The Morgan fingerprint density at radius 1 is 1.13 bits per heavy atom. The first-order chi connectivity index (χ1) is 11.2. The van der Waals surface area contributed by atoms with Gasteiger partial charge in [-0.3, -0.25) is 9.36 Å². The van der Waals surface area contributed by atoms with Gasteiger partial charge in [-0.25, -0.2) is 9.37 Å². The van der Waals surface area contributed by atoms with Crippen LogP contribution in [0.3, 0.4) is 0 Å². The topological polar surface area (TPSA) is 46.9 Å². The van der Waals surface area contributed by atoms with Crippen molar-refractivity contribution in [2.24, 2.45) is 0 Å². The third kappa shape index (κ3) is 3.13. The zero-order valence-corrected chi connectivity index (χ0v) is 12.6. The Labute approximate surface area is 133 Å². The van der Waals surface area contributed by atoms with Crippen LogP contribution in [0.2, 0.25) is 0 Å². The highest BCUT2D eigenvalue weighted by atomic mass is 19.1. The largest absolute Gasteiger partial charge is 0.344 e. The summed E-state index contributed by atoms with van der Waals surface area (Å²) in [6, 6.07) is 15.4. The molecule has 0 aliphatic rings. The van der Waals surface area contributed by atoms with E-state index in [0.717, 1.165) is 5.69 Å². The van der Waals surface area contributed by atoms with E-state index in [1.54, 1.807) is 36.0 Å². The summed E-state index contributed by atoms with van der Waals surface area (Å²) in [7, 11) is 0. The van der Waals surface area contributed by atoms with Crippen molar-refractivity contribution in [1.29, 1.82) is 0 Å². The molecule has 116 valence electrons. The summed E-state index contributed by atoms with van der Waals surface area (Å²) in [6.07, 6.45) is 3.08. The molecule has 3 aromatic rings. The highest BCUT2D eigenvalue weighted by molar-refractivity contribution is 5.93. The number of amides is 1. The molecular weight excluding hydrogens is 293 g/mol. The number of nitrogens with zero attached hydrogens (tertiary/aromatic N) is 2. The molecule has 4 nitrogen and oxygen atoms in total. The highest BCUT2D eigenvalue weighted by Gasteiger charge is 2.17. The van der Waals surface area contributed by atoms with Crippen molar-refractivity contribution in [3.8, 4) is 5.69 Å². The number of carbonyl (C=O) groups is 1. The van der Waals surface area contributed by atoms with Gasteiger partial charge in [0.05, 0.1) is 18.6 Å². The molecule has 0 spiro atoms. The van der Waals surface area contributed by atoms with Crippen LogP contribution in [0.25, 0.3) is 5.69 Å². The SMILES string of the molecule is C[C@H](NC(=O)c1cncn1-c1ccccc1)c1ccccc1F. The fraction of sp³-hybridized carbons (Fsp3) is 0.111. The maximum Gasteiger partial charge on any atom is 0.270 e. The van der Waals surface area contributed by atoms with Gasteiger partial charge in [0.1, 0.15) is 11.5 Å². The average molecular weight is 309 g/mol. The lowest BCUT2D eigenvalue weighted by atomic mass is 10.1.